The minimum atomic E-state index is -3.60. The van der Waals surface area contributed by atoms with E-state index in [-0.39, 0.29) is 10.7 Å². The maximum atomic E-state index is 12.3. The lowest BCUT2D eigenvalue weighted by Gasteiger charge is -2.27. The van der Waals surface area contributed by atoms with E-state index in [1.165, 1.54) is 31.5 Å². The fourth-order valence-corrected chi connectivity index (χ4v) is 4.50. The van der Waals surface area contributed by atoms with E-state index in [1.54, 1.807) is 0 Å². The predicted molar refractivity (Wildman–Crippen MR) is 87.3 cm³/mol. The highest BCUT2D eigenvalue weighted by Gasteiger charge is 2.24. The third-order valence-corrected chi connectivity index (χ3v) is 6.13. The van der Waals surface area contributed by atoms with Gasteiger partial charge in [-0.15, -0.1) is 0 Å². The largest absolute Gasteiger partial charge is 0.383 e. The molecule has 0 aliphatic heterocycles. The second kappa shape index (κ2) is 7.07. The lowest BCUT2D eigenvalue weighted by molar-refractivity contribution is 0.270. The Morgan fingerprint density at radius 1 is 1.33 bits per heavy atom. The standard InChI is InChI=1S/C14H22BrN3O2S/c1-2-10-3-5-11(6-4-10)8-18-21(19,20)13-7-12(15)9-17-14(13)16/h7,9-11,18H,2-6,8H2,1H3,(H2,16,17). The SMILES string of the molecule is CCC1CCC(CNS(=O)(=O)c2cc(Br)cnc2N)CC1. The van der Waals surface area contributed by atoms with Crippen LogP contribution in [0.2, 0.25) is 0 Å². The van der Waals surface area contributed by atoms with Crippen molar-refractivity contribution < 1.29 is 8.42 Å². The van der Waals surface area contributed by atoms with Crippen molar-refractivity contribution in [2.75, 3.05) is 12.3 Å². The highest BCUT2D eigenvalue weighted by Crippen LogP contribution is 2.30. The first-order chi connectivity index (χ1) is 9.92. The van der Waals surface area contributed by atoms with Crippen LogP contribution in [0, 0.1) is 11.8 Å². The Morgan fingerprint density at radius 2 is 1.95 bits per heavy atom. The van der Waals surface area contributed by atoms with Gasteiger partial charge in [0.1, 0.15) is 10.7 Å². The van der Waals surface area contributed by atoms with Crippen molar-refractivity contribution in [2.45, 2.75) is 43.9 Å². The Balaban J connectivity index is 1.97. The minimum absolute atomic E-state index is 0.0281. The predicted octanol–water partition coefficient (Wildman–Crippen LogP) is 2.92. The lowest BCUT2D eigenvalue weighted by atomic mass is 9.81. The molecule has 0 amide bonds. The van der Waals surface area contributed by atoms with E-state index in [0.29, 0.717) is 16.9 Å². The van der Waals surface area contributed by atoms with Gasteiger partial charge in [-0.3, -0.25) is 0 Å². The van der Waals surface area contributed by atoms with Crippen LogP contribution in [0.5, 0.6) is 0 Å². The van der Waals surface area contributed by atoms with Crippen molar-refractivity contribution in [1.29, 1.82) is 0 Å². The van der Waals surface area contributed by atoms with Crippen molar-refractivity contribution >= 4 is 31.8 Å². The molecule has 0 atom stereocenters. The molecular formula is C14H22BrN3O2S. The normalized spacial score (nSPS) is 23.1. The number of nitrogens with zero attached hydrogens (tertiary/aromatic N) is 1. The second-order valence-corrected chi connectivity index (χ2v) is 8.33. The summed E-state index contributed by atoms with van der Waals surface area (Å²) in [6, 6.07) is 1.48. The van der Waals surface area contributed by atoms with Crippen LogP contribution in [-0.4, -0.2) is 19.9 Å². The van der Waals surface area contributed by atoms with Crippen LogP contribution in [-0.2, 0) is 10.0 Å². The number of anilines is 1. The molecule has 1 aliphatic carbocycles. The van der Waals surface area contributed by atoms with Gasteiger partial charge >= 0.3 is 0 Å². The fraction of sp³-hybridized carbons (Fsp3) is 0.643. The number of pyridine rings is 1. The van der Waals surface area contributed by atoms with E-state index in [2.05, 4.69) is 32.6 Å². The molecule has 0 unspecified atom stereocenters. The monoisotopic (exact) mass is 375 g/mol. The minimum Gasteiger partial charge on any atom is -0.383 e. The highest BCUT2D eigenvalue weighted by atomic mass is 79.9. The third kappa shape index (κ3) is 4.40. The van der Waals surface area contributed by atoms with E-state index in [9.17, 15) is 8.42 Å². The van der Waals surface area contributed by atoms with Crippen molar-refractivity contribution in [1.82, 2.24) is 9.71 Å². The van der Waals surface area contributed by atoms with Crippen LogP contribution in [0.1, 0.15) is 39.0 Å². The van der Waals surface area contributed by atoms with Crippen LogP contribution >= 0.6 is 15.9 Å². The molecule has 3 N–H and O–H groups in total. The molecule has 2 rings (SSSR count). The van der Waals surface area contributed by atoms with Crippen molar-refractivity contribution in [2.24, 2.45) is 11.8 Å². The molecule has 118 valence electrons. The Kier molecular flexibility index (Phi) is 5.62. The highest BCUT2D eigenvalue weighted by molar-refractivity contribution is 9.10. The summed E-state index contributed by atoms with van der Waals surface area (Å²) in [6.45, 7) is 2.70. The van der Waals surface area contributed by atoms with Gasteiger partial charge in [0.25, 0.3) is 0 Å². The topological polar surface area (TPSA) is 85.1 Å². The van der Waals surface area contributed by atoms with Gasteiger partial charge in [0.05, 0.1) is 0 Å². The molecule has 1 aliphatic rings. The molecule has 0 bridgehead atoms. The molecule has 1 aromatic heterocycles. The number of sulfonamides is 1. The van der Waals surface area contributed by atoms with Gasteiger partial charge in [0.2, 0.25) is 10.0 Å². The van der Waals surface area contributed by atoms with E-state index in [1.807, 2.05) is 0 Å². The maximum Gasteiger partial charge on any atom is 0.244 e. The molecule has 0 saturated heterocycles. The molecule has 0 aromatic carbocycles. The summed E-state index contributed by atoms with van der Waals surface area (Å²) in [6.07, 6.45) is 7.28. The summed E-state index contributed by atoms with van der Waals surface area (Å²) < 4.78 is 27.9. The fourth-order valence-electron chi connectivity index (χ4n) is 2.80. The lowest BCUT2D eigenvalue weighted by Crippen LogP contribution is -2.31. The van der Waals surface area contributed by atoms with Gasteiger partial charge in [-0.1, -0.05) is 26.2 Å². The zero-order chi connectivity index (χ0) is 15.5. The van der Waals surface area contributed by atoms with Crippen LogP contribution in [0.15, 0.2) is 21.6 Å². The van der Waals surface area contributed by atoms with Gasteiger partial charge in [-0.25, -0.2) is 18.1 Å². The summed E-state index contributed by atoms with van der Waals surface area (Å²) in [7, 11) is -3.60. The van der Waals surface area contributed by atoms with Crippen LogP contribution in [0.25, 0.3) is 0 Å². The Hall–Kier alpha value is -0.660. The van der Waals surface area contributed by atoms with Crippen LogP contribution in [0.3, 0.4) is 0 Å². The molecule has 5 nitrogen and oxygen atoms in total. The van der Waals surface area contributed by atoms with Crippen molar-refractivity contribution in [3.05, 3.63) is 16.7 Å². The molecule has 1 heterocycles. The summed E-state index contributed by atoms with van der Waals surface area (Å²) in [5, 5.41) is 0. The molecule has 1 saturated carbocycles. The zero-order valence-electron chi connectivity index (χ0n) is 12.2. The number of hydrogen-bond acceptors (Lipinski definition) is 4. The average molecular weight is 376 g/mol. The van der Waals surface area contributed by atoms with Gasteiger partial charge in [-0.2, -0.15) is 0 Å². The summed E-state index contributed by atoms with van der Waals surface area (Å²) in [4.78, 5) is 3.91. The first-order valence-corrected chi connectivity index (χ1v) is 9.60. The van der Waals surface area contributed by atoms with Crippen LogP contribution < -0.4 is 10.5 Å². The van der Waals surface area contributed by atoms with Gasteiger partial charge < -0.3 is 5.73 Å². The Morgan fingerprint density at radius 3 is 2.57 bits per heavy atom. The van der Waals surface area contributed by atoms with E-state index in [4.69, 9.17) is 5.73 Å². The van der Waals surface area contributed by atoms with Crippen molar-refractivity contribution in [3.8, 4) is 0 Å². The van der Waals surface area contributed by atoms with Gasteiger partial charge in [-0.05, 0) is 46.7 Å². The first-order valence-electron chi connectivity index (χ1n) is 7.33. The van der Waals surface area contributed by atoms with E-state index in [0.717, 1.165) is 18.8 Å². The quantitative estimate of drug-likeness (QED) is 0.828. The first kappa shape index (κ1) is 16.7. The Bertz CT molecular complexity index is 584. The zero-order valence-corrected chi connectivity index (χ0v) is 14.6. The number of halogens is 1. The molecule has 1 fully saturated rings. The second-order valence-electron chi connectivity index (χ2n) is 5.68. The number of aromatic nitrogens is 1. The molecule has 21 heavy (non-hydrogen) atoms. The maximum absolute atomic E-state index is 12.3. The average Bonchev–Trinajstić information content (AvgIpc) is 2.48. The number of rotatable bonds is 5. The van der Waals surface area contributed by atoms with E-state index < -0.39 is 10.0 Å². The smallest absolute Gasteiger partial charge is 0.244 e. The number of nitrogen functional groups attached to an aromatic ring is 1. The van der Waals surface area contributed by atoms with Gasteiger partial charge in [0.15, 0.2) is 0 Å². The number of nitrogens with one attached hydrogen (secondary N) is 1. The molecule has 7 heteroatoms. The van der Waals surface area contributed by atoms with Crippen LogP contribution in [0.4, 0.5) is 5.82 Å². The number of nitrogens with two attached hydrogens (primary N) is 1. The molecular weight excluding hydrogens is 354 g/mol. The molecule has 0 radical (unpaired) electrons. The third-order valence-electron chi connectivity index (χ3n) is 4.24. The summed E-state index contributed by atoms with van der Waals surface area (Å²) in [5.74, 6) is 1.26. The van der Waals surface area contributed by atoms with E-state index >= 15 is 0 Å². The Labute approximate surface area is 134 Å². The molecule has 0 spiro atoms. The van der Waals surface area contributed by atoms with Crippen molar-refractivity contribution in [3.63, 3.8) is 0 Å². The molecule has 1 aromatic rings. The number of hydrogen-bond donors (Lipinski definition) is 2. The summed E-state index contributed by atoms with van der Waals surface area (Å²) in [5.41, 5.74) is 5.67. The summed E-state index contributed by atoms with van der Waals surface area (Å²) >= 11 is 3.22. The van der Waals surface area contributed by atoms with Gasteiger partial charge in [0, 0.05) is 17.2 Å².